The lowest BCUT2D eigenvalue weighted by atomic mass is 9.92. The van der Waals surface area contributed by atoms with Crippen molar-refractivity contribution in [1.29, 1.82) is 0 Å². The Kier molecular flexibility index (Phi) is 10.1. The lowest BCUT2D eigenvalue weighted by molar-refractivity contribution is -0.155. The fourth-order valence-corrected chi connectivity index (χ4v) is 3.06. The van der Waals surface area contributed by atoms with E-state index in [2.05, 4.69) is 13.8 Å². The van der Waals surface area contributed by atoms with E-state index in [4.69, 9.17) is 21.1 Å². The van der Waals surface area contributed by atoms with Crippen molar-refractivity contribution in [3.8, 4) is 0 Å². The van der Waals surface area contributed by atoms with Gasteiger partial charge in [-0.1, -0.05) is 33.1 Å². The first-order valence-electron chi connectivity index (χ1n) is 8.47. The summed E-state index contributed by atoms with van der Waals surface area (Å²) < 4.78 is 10.8. The van der Waals surface area contributed by atoms with E-state index < -0.39 is 0 Å². The second kappa shape index (κ2) is 11.3. The molecule has 0 aliphatic carbocycles. The van der Waals surface area contributed by atoms with Crippen LogP contribution in [0.1, 0.15) is 65.2 Å². The summed E-state index contributed by atoms with van der Waals surface area (Å²) in [5.41, 5.74) is 0. The number of carbonyl (C=O) groups is 1. The summed E-state index contributed by atoms with van der Waals surface area (Å²) in [4.78, 5) is 11.9. The number of hydrogen-bond acceptors (Lipinski definition) is 3. The van der Waals surface area contributed by atoms with Crippen LogP contribution in [-0.2, 0) is 14.3 Å². The standard InChI is InChI=1S/C17H31ClO3/c1-14(2)12-15(8-5-3-4-6-10-18)13-21-17(19)16-9-7-11-20-16/h14-16H,3-13H2,1-2H3. The molecule has 21 heavy (non-hydrogen) atoms. The second-order valence-electron chi connectivity index (χ2n) is 6.52. The van der Waals surface area contributed by atoms with Gasteiger partial charge in [0, 0.05) is 12.5 Å². The Bertz CT molecular complexity index is 275. The molecular weight excluding hydrogens is 288 g/mol. The SMILES string of the molecule is CC(C)CC(CCCCCCCl)COC(=O)C1CCCO1. The van der Waals surface area contributed by atoms with Crippen LogP contribution >= 0.6 is 11.6 Å². The van der Waals surface area contributed by atoms with Crippen molar-refractivity contribution in [3.63, 3.8) is 0 Å². The minimum absolute atomic E-state index is 0.164. The zero-order chi connectivity index (χ0) is 15.5. The summed E-state index contributed by atoms with van der Waals surface area (Å²) in [6.45, 7) is 5.69. The molecule has 2 atom stereocenters. The fraction of sp³-hybridized carbons (Fsp3) is 0.941. The van der Waals surface area contributed by atoms with Crippen LogP contribution in [0.2, 0.25) is 0 Å². The summed E-state index contributed by atoms with van der Waals surface area (Å²) in [5.74, 6) is 1.71. The zero-order valence-electron chi connectivity index (χ0n) is 13.6. The van der Waals surface area contributed by atoms with Gasteiger partial charge in [0.1, 0.15) is 0 Å². The van der Waals surface area contributed by atoms with Crippen LogP contribution in [0.25, 0.3) is 0 Å². The number of ether oxygens (including phenoxy) is 2. The third kappa shape index (κ3) is 8.67. The molecule has 0 saturated carbocycles. The summed E-state index contributed by atoms with van der Waals surface area (Å²) in [6, 6.07) is 0. The number of hydrogen-bond donors (Lipinski definition) is 0. The molecule has 2 unspecified atom stereocenters. The van der Waals surface area contributed by atoms with Crippen LogP contribution in [0, 0.1) is 11.8 Å². The van der Waals surface area contributed by atoms with Gasteiger partial charge in [-0.25, -0.2) is 4.79 Å². The lowest BCUT2D eigenvalue weighted by Crippen LogP contribution is -2.25. The number of esters is 1. The van der Waals surface area contributed by atoms with Crippen LogP contribution in [0.15, 0.2) is 0 Å². The third-order valence-corrected chi connectivity index (χ3v) is 4.22. The molecule has 0 N–H and O–H groups in total. The van der Waals surface area contributed by atoms with E-state index in [0.717, 1.165) is 38.0 Å². The molecule has 1 rings (SSSR count). The molecule has 0 aromatic carbocycles. The maximum absolute atomic E-state index is 11.9. The minimum Gasteiger partial charge on any atom is -0.463 e. The van der Waals surface area contributed by atoms with Gasteiger partial charge in [0.05, 0.1) is 6.61 Å². The normalized spacial score (nSPS) is 19.9. The van der Waals surface area contributed by atoms with Crippen molar-refractivity contribution < 1.29 is 14.3 Å². The Hall–Kier alpha value is -0.280. The van der Waals surface area contributed by atoms with Crippen molar-refractivity contribution >= 4 is 17.6 Å². The average molecular weight is 319 g/mol. The molecular formula is C17H31ClO3. The number of halogens is 1. The molecule has 0 radical (unpaired) electrons. The zero-order valence-corrected chi connectivity index (χ0v) is 14.4. The molecule has 124 valence electrons. The van der Waals surface area contributed by atoms with Gasteiger partial charge in [-0.15, -0.1) is 11.6 Å². The first-order valence-corrected chi connectivity index (χ1v) is 9.01. The van der Waals surface area contributed by atoms with E-state index in [-0.39, 0.29) is 12.1 Å². The molecule has 0 bridgehead atoms. The van der Waals surface area contributed by atoms with Crippen LogP contribution in [0.3, 0.4) is 0 Å². The molecule has 1 aliphatic heterocycles. The Morgan fingerprint density at radius 3 is 2.67 bits per heavy atom. The van der Waals surface area contributed by atoms with Crippen LogP contribution in [0.4, 0.5) is 0 Å². The molecule has 1 heterocycles. The highest BCUT2D eigenvalue weighted by molar-refractivity contribution is 6.17. The molecule has 1 fully saturated rings. The monoisotopic (exact) mass is 318 g/mol. The van der Waals surface area contributed by atoms with E-state index in [1.807, 2.05) is 0 Å². The van der Waals surface area contributed by atoms with Crippen molar-refractivity contribution in [1.82, 2.24) is 0 Å². The highest BCUT2D eigenvalue weighted by Gasteiger charge is 2.25. The van der Waals surface area contributed by atoms with Gasteiger partial charge in [0.15, 0.2) is 6.10 Å². The Morgan fingerprint density at radius 1 is 1.29 bits per heavy atom. The summed E-state index contributed by atoms with van der Waals surface area (Å²) in [5, 5.41) is 0. The van der Waals surface area contributed by atoms with Gasteiger partial charge in [-0.3, -0.25) is 0 Å². The van der Waals surface area contributed by atoms with Gasteiger partial charge >= 0.3 is 5.97 Å². The predicted molar refractivity (Wildman–Crippen MR) is 86.7 cm³/mol. The maximum Gasteiger partial charge on any atom is 0.335 e. The topological polar surface area (TPSA) is 35.5 Å². The van der Waals surface area contributed by atoms with E-state index in [0.29, 0.717) is 25.0 Å². The maximum atomic E-state index is 11.9. The van der Waals surface area contributed by atoms with E-state index in [1.54, 1.807) is 0 Å². The molecule has 4 heteroatoms. The lowest BCUT2D eigenvalue weighted by Gasteiger charge is -2.20. The fourth-order valence-electron chi connectivity index (χ4n) is 2.87. The van der Waals surface area contributed by atoms with E-state index in [1.165, 1.54) is 19.3 Å². The summed E-state index contributed by atoms with van der Waals surface area (Å²) >= 11 is 5.69. The summed E-state index contributed by atoms with van der Waals surface area (Å²) in [6.07, 6.45) is 8.45. The molecule has 0 spiro atoms. The van der Waals surface area contributed by atoms with Gasteiger partial charge in [0.25, 0.3) is 0 Å². The Morgan fingerprint density at radius 2 is 2.05 bits per heavy atom. The van der Waals surface area contributed by atoms with Crippen molar-refractivity contribution in [3.05, 3.63) is 0 Å². The molecule has 1 aliphatic rings. The Labute approximate surface area is 134 Å². The molecule has 3 nitrogen and oxygen atoms in total. The Balaban J connectivity index is 2.23. The second-order valence-corrected chi connectivity index (χ2v) is 6.90. The number of rotatable bonds is 11. The third-order valence-electron chi connectivity index (χ3n) is 3.95. The summed E-state index contributed by atoms with van der Waals surface area (Å²) in [7, 11) is 0. The van der Waals surface area contributed by atoms with Gasteiger partial charge in [-0.2, -0.15) is 0 Å². The molecule has 0 aromatic heterocycles. The van der Waals surface area contributed by atoms with Crippen LogP contribution < -0.4 is 0 Å². The molecule has 1 saturated heterocycles. The number of alkyl halides is 1. The quantitative estimate of drug-likeness (QED) is 0.318. The average Bonchev–Trinajstić information content (AvgIpc) is 2.97. The van der Waals surface area contributed by atoms with Crippen molar-refractivity contribution in [2.45, 2.75) is 71.3 Å². The van der Waals surface area contributed by atoms with Crippen LogP contribution in [0.5, 0.6) is 0 Å². The number of carbonyl (C=O) groups excluding carboxylic acids is 1. The van der Waals surface area contributed by atoms with Crippen LogP contribution in [-0.4, -0.2) is 31.2 Å². The smallest absolute Gasteiger partial charge is 0.335 e. The minimum atomic E-state index is -0.312. The highest BCUT2D eigenvalue weighted by Crippen LogP contribution is 2.21. The van der Waals surface area contributed by atoms with E-state index in [9.17, 15) is 4.79 Å². The van der Waals surface area contributed by atoms with Gasteiger partial charge < -0.3 is 9.47 Å². The van der Waals surface area contributed by atoms with Gasteiger partial charge in [0.2, 0.25) is 0 Å². The van der Waals surface area contributed by atoms with Crippen molar-refractivity contribution in [2.24, 2.45) is 11.8 Å². The highest BCUT2D eigenvalue weighted by atomic mass is 35.5. The number of unbranched alkanes of at least 4 members (excludes halogenated alkanes) is 3. The van der Waals surface area contributed by atoms with Gasteiger partial charge in [-0.05, 0) is 43.9 Å². The largest absolute Gasteiger partial charge is 0.463 e. The van der Waals surface area contributed by atoms with Crippen molar-refractivity contribution in [2.75, 3.05) is 19.1 Å². The first kappa shape index (κ1) is 18.8. The first-order chi connectivity index (χ1) is 10.1. The predicted octanol–water partition coefficient (Wildman–Crippen LogP) is 4.56. The molecule has 0 amide bonds. The van der Waals surface area contributed by atoms with E-state index >= 15 is 0 Å². The molecule has 0 aromatic rings.